The van der Waals surface area contributed by atoms with E-state index >= 15 is 0 Å². The van der Waals surface area contributed by atoms with E-state index in [0.717, 1.165) is 47.7 Å². The van der Waals surface area contributed by atoms with Crippen LogP contribution in [0.1, 0.15) is 40.6 Å². The summed E-state index contributed by atoms with van der Waals surface area (Å²) < 4.78 is 6.91. The Morgan fingerprint density at radius 1 is 1.18 bits per heavy atom. The van der Waals surface area contributed by atoms with Crippen molar-refractivity contribution in [3.63, 3.8) is 0 Å². The van der Waals surface area contributed by atoms with E-state index < -0.39 is 0 Å². The number of pyridine rings is 1. The molecule has 1 aromatic carbocycles. The molecule has 0 aliphatic carbocycles. The van der Waals surface area contributed by atoms with E-state index in [1.807, 2.05) is 43.1 Å². The number of carbonyl (C=O) groups is 1. The first kappa shape index (κ1) is 18.2. The monoisotopic (exact) mass is 376 g/mol. The fraction of sp³-hybridized carbons (Fsp3) is 0.318. The Bertz CT molecular complexity index is 994. The van der Waals surface area contributed by atoms with Crippen molar-refractivity contribution in [2.45, 2.75) is 25.8 Å². The molecule has 1 aliphatic rings. The molecule has 0 spiro atoms. The molecule has 0 N–H and O–H groups in total. The molecule has 6 nitrogen and oxygen atoms in total. The highest BCUT2D eigenvalue weighted by atomic mass is 16.5. The Morgan fingerprint density at radius 2 is 1.96 bits per heavy atom. The number of ether oxygens (including phenoxy) is 1. The van der Waals surface area contributed by atoms with Gasteiger partial charge in [0.05, 0.1) is 30.6 Å². The van der Waals surface area contributed by atoms with Crippen LogP contribution in [0.4, 0.5) is 0 Å². The molecule has 28 heavy (non-hydrogen) atoms. The number of benzene rings is 1. The number of nitrogens with zero attached hydrogens (tertiary/aromatic N) is 4. The molecule has 0 bridgehead atoms. The lowest BCUT2D eigenvalue weighted by Crippen LogP contribution is -2.30. The van der Waals surface area contributed by atoms with Crippen LogP contribution in [-0.2, 0) is 7.05 Å². The van der Waals surface area contributed by atoms with Gasteiger partial charge in [0, 0.05) is 25.5 Å². The van der Waals surface area contributed by atoms with Crippen LogP contribution in [0.2, 0.25) is 0 Å². The zero-order valence-corrected chi connectivity index (χ0v) is 16.4. The van der Waals surface area contributed by atoms with Crippen LogP contribution in [0.5, 0.6) is 5.75 Å². The Labute approximate surface area is 164 Å². The molecule has 1 amide bonds. The predicted octanol–water partition coefficient (Wildman–Crippen LogP) is 3.78. The largest absolute Gasteiger partial charge is 0.497 e. The summed E-state index contributed by atoms with van der Waals surface area (Å²) in [6.07, 6.45) is 5.29. The van der Waals surface area contributed by atoms with Crippen molar-refractivity contribution in [3.05, 3.63) is 65.7 Å². The lowest BCUT2D eigenvalue weighted by Gasteiger charge is -2.24. The van der Waals surface area contributed by atoms with Crippen LogP contribution in [0, 0.1) is 6.92 Å². The maximum atomic E-state index is 13.0. The van der Waals surface area contributed by atoms with E-state index in [9.17, 15) is 4.79 Å². The summed E-state index contributed by atoms with van der Waals surface area (Å²) >= 11 is 0. The molecule has 0 radical (unpaired) electrons. The molecule has 1 saturated heterocycles. The van der Waals surface area contributed by atoms with Crippen LogP contribution in [0.3, 0.4) is 0 Å². The smallest absolute Gasteiger partial charge is 0.257 e. The van der Waals surface area contributed by atoms with Gasteiger partial charge >= 0.3 is 0 Å². The first-order chi connectivity index (χ1) is 13.5. The molecule has 1 unspecified atom stereocenters. The van der Waals surface area contributed by atoms with Gasteiger partial charge in [-0.1, -0.05) is 12.1 Å². The van der Waals surface area contributed by atoms with Crippen LogP contribution >= 0.6 is 0 Å². The van der Waals surface area contributed by atoms with Gasteiger partial charge in [0.25, 0.3) is 5.91 Å². The summed E-state index contributed by atoms with van der Waals surface area (Å²) in [5.41, 5.74) is 4.73. The molecule has 1 atom stereocenters. The molecule has 2 aromatic heterocycles. The average molecular weight is 376 g/mol. The molecule has 4 rings (SSSR count). The Hall–Kier alpha value is -3.15. The number of hydrogen-bond donors (Lipinski definition) is 0. The Morgan fingerprint density at radius 3 is 2.64 bits per heavy atom. The molecular formula is C22H24N4O2. The number of aromatic nitrogens is 3. The zero-order chi connectivity index (χ0) is 19.7. The van der Waals surface area contributed by atoms with Crippen molar-refractivity contribution in [1.82, 2.24) is 19.7 Å². The maximum absolute atomic E-state index is 13.0. The number of rotatable bonds is 4. The third kappa shape index (κ3) is 3.50. The van der Waals surface area contributed by atoms with E-state index in [0.29, 0.717) is 5.56 Å². The first-order valence-corrected chi connectivity index (χ1v) is 9.48. The predicted molar refractivity (Wildman–Crippen MR) is 107 cm³/mol. The second-order valence-electron chi connectivity index (χ2n) is 7.21. The van der Waals surface area contributed by atoms with Crippen molar-refractivity contribution >= 4 is 5.91 Å². The zero-order valence-electron chi connectivity index (χ0n) is 16.4. The summed E-state index contributed by atoms with van der Waals surface area (Å²) in [5, 5.41) is 4.13. The number of carbonyl (C=O) groups excluding carboxylic acids is 1. The maximum Gasteiger partial charge on any atom is 0.257 e. The highest BCUT2D eigenvalue weighted by molar-refractivity contribution is 5.94. The van der Waals surface area contributed by atoms with Crippen LogP contribution in [-0.4, -0.2) is 39.2 Å². The number of likely N-dealkylation sites (tertiary alicyclic amines) is 1. The van der Waals surface area contributed by atoms with Gasteiger partial charge in [0.15, 0.2) is 0 Å². The summed E-state index contributed by atoms with van der Waals surface area (Å²) in [6.45, 7) is 2.74. The minimum absolute atomic E-state index is 0.00963. The molecule has 3 aromatic rings. The Balaban J connectivity index is 1.65. The highest BCUT2D eigenvalue weighted by Crippen LogP contribution is 2.34. The fourth-order valence-corrected chi connectivity index (χ4v) is 3.83. The third-order valence-electron chi connectivity index (χ3n) is 5.20. The lowest BCUT2D eigenvalue weighted by atomic mass is 10.0. The summed E-state index contributed by atoms with van der Waals surface area (Å²) in [6, 6.07) is 12.2. The normalized spacial score (nSPS) is 16.4. The second kappa shape index (κ2) is 7.46. The van der Waals surface area contributed by atoms with Gasteiger partial charge in [0.2, 0.25) is 0 Å². The summed E-state index contributed by atoms with van der Waals surface area (Å²) in [4.78, 5) is 19.7. The van der Waals surface area contributed by atoms with Crippen molar-refractivity contribution in [3.8, 4) is 16.9 Å². The molecule has 144 valence electrons. The number of methoxy groups -OCH3 is 1. The van der Waals surface area contributed by atoms with Crippen LogP contribution in [0.25, 0.3) is 11.1 Å². The van der Waals surface area contributed by atoms with E-state index in [2.05, 4.69) is 17.2 Å². The molecule has 1 aliphatic heterocycles. The van der Waals surface area contributed by atoms with Gasteiger partial charge in [0.1, 0.15) is 5.75 Å². The minimum atomic E-state index is -0.00963. The summed E-state index contributed by atoms with van der Waals surface area (Å²) in [7, 11) is 3.49. The molecule has 0 saturated carbocycles. The molecule has 3 heterocycles. The van der Waals surface area contributed by atoms with Gasteiger partial charge in [-0.05, 0) is 55.2 Å². The van der Waals surface area contributed by atoms with E-state index in [1.165, 1.54) is 0 Å². The SMILES string of the molecule is COc1ccc(-c2cc(C)nc(C3CCCN3C(=O)c3cnn(C)c3)c2)cc1. The average Bonchev–Trinajstić information content (AvgIpc) is 3.36. The number of hydrogen-bond acceptors (Lipinski definition) is 4. The molecular weight excluding hydrogens is 352 g/mol. The number of amides is 1. The van der Waals surface area contributed by atoms with Gasteiger partial charge in [-0.3, -0.25) is 14.5 Å². The topological polar surface area (TPSA) is 60.2 Å². The third-order valence-corrected chi connectivity index (χ3v) is 5.20. The van der Waals surface area contributed by atoms with Gasteiger partial charge in [-0.2, -0.15) is 5.10 Å². The van der Waals surface area contributed by atoms with Crippen molar-refractivity contribution in [2.24, 2.45) is 7.05 Å². The fourth-order valence-electron chi connectivity index (χ4n) is 3.83. The molecule has 1 fully saturated rings. The van der Waals surface area contributed by atoms with Crippen molar-refractivity contribution < 1.29 is 9.53 Å². The quantitative estimate of drug-likeness (QED) is 0.695. The standard InChI is InChI=1S/C22H24N4O2/c1-15-11-17(16-6-8-19(28-3)9-7-16)12-20(24-15)21-5-4-10-26(21)22(27)18-13-23-25(2)14-18/h6-9,11-14,21H,4-5,10H2,1-3H3. The second-order valence-corrected chi connectivity index (χ2v) is 7.21. The lowest BCUT2D eigenvalue weighted by molar-refractivity contribution is 0.0732. The Kier molecular flexibility index (Phi) is 4.86. The van der Waals surface area contributed by atoms with E-state index in [4.69, 9.17) is 9.72 Å². The van der Waals surface area contributed by atoms with Gasteiger partial charge < -0.3 is 9.64 Å². The van der Waals surface area contributed by atoms with Crippen LogP contribution < -0.4 is 4.74 Å². The molecule has 6 heteroatoms. The van der Waals surface area contributed by atoms with Crippen molar-refractivity contribution in [1.29, 1.82) is 0 Å². The van der Waals surface area contributed by atoms with E-state index in [-0.39, 0.29) is 11.9 Å². The van der Waals surface area contributed by atoms with Gasteiger partial charge in [-0.25, -0.2) is 0 Å². The van der Waals surface area contributed by atoms with E-state index in [1.54, 1.807) is 24.2 Å². The number of aryl methyl sites for hydroxylation is 2. The minimum Gasteiger partial charge on any atom is -0.497 e. The van der Waals surface area contributed by atoms with Crippen molar-refractivity contribution in [2.75, 3.05) is 13.7 Å². The first-order valence-electron chi connectivity index (χ1n) is 9.48. The van der Waals surface area contributed by atoms with Crippen LogP contribution in [0.15, 0.2) is 48.8 Å². The highest BCUT2D eigenvalue weighted by Gasteiger charge is 2.32. The summed E-state index contributed by atoms with van der Waals surface area (Å²) in [5.74, 6) is 0.851. The van der Waals surface area contributed by atoms with Gasteiger partial charge in [-0.15, -0.1) is 0 Å².